The second-order valence-electron chi connectivity index (χ2n) is 5.32. The molecule has 1 aromatic carbocycles. The third-order valence-electron chi connectivity index (χ3n) is 3.69. The molecule has 5 nitrogen and oxygen atoms in total. The Labute approximate surface area is 118 Å². The number of nitrogens with two attached hydrogens (primary N) is 1. The fourth-order valence-corrected chi connectivity index (χ4v) is 2.20. The lowest BCUT2D eigenvalue weighted by Gasteiger charge is -2.16. The number of amides is 1. The van der Waals surface area contributed by atoms with Crippen molar-refractivity contribution < 1.29 is 10.0 Å². The highest BCUT2D eigenvalue weighted by molar-refractivity contribution is 5.99. The Morgan fingerprint density at radius 2 is 2.00 bits per heavy atom. The van der Waals surface area contributed by atoms with Crippen LogP contribution in [0, 0.1) is 5.92 Å². The van der Waals surface area contributed by atoms with Crippen molar-refractivity contribution in [2.75, 3.05) is 0 Å². The first-order valence-electron chi connectivity index (χ1n) is 7.02. The first-order chi connectivity index (χ1) is 9.63. The van der Waals surface area contributed by atoms with Crippen molar-refractivity contribution in [1.82, 2.24) is 5.32 Å². The molecule has 0 aliphatic heterocycles. The molecule has 0 saturated heterocycles. The van der Waals surface area contributed by atoms with Crippen LogP contribution in [0.5, 0.6) is 0 Å². The van der Waals surface area contributed by atoms with E-state index in [1.807, 2.05) is 0 Å². The summed E-state index contributed by atoms with van der Waals surface area (Å²) in [6.45, 7) is 2.09. The average molecular weight is 275 g/mol. The first-order valence-corrected chi connectivity index (χ1v) is 7.02. The predicted molar refractivity (Wildman–Crippen MR) is 77.8 cm³/mol. The number of oxime groups is 1. The van der Waals surface area contributed by atoms with Crippen LogP contribution in [0.3, 0.4) is 0 Å². The van der Waals surface area contributed by atoms with E-state index in [1.54, 1.807) is 24.3 Å². The van der Waals surface area contributed by atoms with Gasteiger partial charge in [-0.25, -0.2) is 0 Å². The van der Waals surface area contributed by atoms with E-state index in [0.29, 0.717) is 11.1 Å². The molecular formula is C15H21N3O2. The lowest BCUT2D eigenvalue weighted by molar-refractivity contribution is 0.0932. The van der Waals surface area contributed by atoms with Gasteiger partial charge in [0.1, 0.15) is 0 Å². The van der Waals surface area contributed by atoms with E-state index >= 15 is 0 Å². The van der Waals surface area contributed by atoms with Crippen LogP contribution in [0.25, 0.3) is 0 Å². The van der Waals surface area contributed by atoms with Crippen molar-refractivity contribution in [3.8, 4) is 0 Å². The fraction of sp³-hybridized carbons (Fsp3) is 0.467. The summed E-state index contributed by atoms with van der Waals surface area (Å²) in [5.74, 6) is 0.767. The monoisotopic (exact) mass is 275 g/mol. The average Bonchev–Trinajstić information content (AvgIpc) is 3.29. The van der Waals surface area contributed by atoms with Gasteiger partial charge >= 0.3 is 0 Å². The number of hydrogen-bond acceptors (Lipinski definition) is 3. The number of carbonyl (C=O) groups is 1. The number of nitrogens with one attached hydrogen (secondary N) is 1. The molecule has 1 unspecified atom stereocenters. The summed E-state index contributed by atoms with van der Waals surface area (Å²) in [5.41, 5.74) is 6.67. The number of carbonyl (C=O) groups excluding carboxylic acids is 1. The normalized spacial score (nSPS) is 16.8. The Bertz CT molecular complexity index is 492. The van der Waals surface area contributed by atoms with Crippen LogP contribution >= 0.6 is 0 Å². The van der Waals surface area contributed by atoms with Gasteiger partial charge < -0.3 is 16.3 Å². The van der Waals surface area contributed by atoms with E-state index < -0.39 is 0 Å². The molecule has 1 amide bonds. The van der Waals surface area contributed by atoms with Gasteiger partial charge in [0.15, 0.2) is 5.84 Å². The van der Waals surface area contributed by atoms with Gasteiger partial charge in [-0.15, -0.1) is 0 Å². The van der Waals surface area contributed by atoms with Crippen molar-refractivity contribution in [2.45, 2.75) is 38.6 Å². The van der Waals surface area contributed by atoms with Crippen molar-refractivity contribution in [2.24, 2.45) is 16.8 Å². The van der Waals surface area contributed by atoms with Gasteiger partial charge in [0.2, 0.25) is 0 Å². The number of nitrogens with zero attached hydrogens (tertiary/aromatic N) is 1. The Morgan fingerprint density at radius 1 is 1.40 bits per heavy atom. The third-order valence-corrected chi connectivity index (χ3v) is 3.69. The van der Waals surface area contributed by atoms with Gasteiger partial charge in [0.05, 0.1) is 0 Å². The molecule has 0 spiro atoms. The van der Waals surface area contributed by atoms with E-state index in [4.69, 9.17) is 10.9 Å². The predicted octanol–water partition coefficient (Wildman–Crippen LogP) is 2.09. The zero-order valence-corrected chi connectivity index (χ0v) is 11.7. The van der Waals surface area contributed by atoms with Crippen molar-refractivity contribution >= 4 is 11.7 Å². The second kappa shape index (κ2) is 6.41. The van der Waals surface area contributed by atoms with E-state index in [0.717, 1.165) is 18.8 Å². The molecule has 1 saturated carbocycles. The second-order valence-corrected chi connectivity index (χ2v) is 5.32. The summed E-state index contributed by atoms with van der Waals surface area (Å²) in [6, 6.07) is 6.97. The maximum Gasteiger partial charge on any atom is 0.251 e. The van der Waals surface area contributed by atoms with Crippen LogP contribution in [-0.2, 0) is 0 Å². The van der Waals surface area contributed by atoms with Crippen LogP contribution in [0.4, 0.5) is 0 Å². The van der Waals surface area contributed by atoms with Gasteiger partial charge in [-0.1, -0.05) is 37.1 Å². The summed E-state index contributed by atoms with van der Waals surface area (Å²) in [7, 11) is 0. The molecule has 1 aliphatic carbocycles. The largest absolute Gasteiger partial charge is 0.409 e. The summed E-state index contributed by atoms with van der Waals surface area (Å²) in [4.78, 5) is 12.1. The zero-order valence-electron chi connectivity index (χ0n) is 11.7. The van der Waals surface area contributed by atoms with Gasteiger partial charge in [0.25, 0.3) is 5.91 Å². The van der Waals surface area contributed by atoms with Crippen LogP contribution in [0.15, 0.2) is 29.4 Å². The highest BCUT2D eigenvalue weighted by Crippen LogP contribution is 2.34. The molecule has 4 N–H and O–H groups in total. The Balaban J connectivity index is 1.97. The summed E-state index contributed by atoms with van der Waals surface area (Å²) in [5, 5.41) is 14.6. The summed E-state index contributed by atoms with van der Waals surface area (Å²) in [6.07, 6.45) is 4.61. The molecule has 1 atom stereocenters. The fourth-order valence-electron chi connectivity index (χ4n) is 2.20. The lowest BCUT2D eigenvalue weighted by atomic mass is 10.1. The summed E-state index contributed by atoms with van der Waals surface area (Å²) >= 11 is 0. The topological polar surface area (TPSA) is 87.7 Å². The minimum atomic E-state index is -0.0661. The van der Waals surface area contributed by atoms with Crippen molar-refractivity contribution in [1.29, 1.82) is 0 Å². The minimum absolute atomic E-state index is 0.0390. The van der Waals surface area contributed by atoms with Crippen LogP contribution in [0.2, 0.25) is 0 Å². The highest BCUT2D eigenvalue weighted by atomic mass is 16.4. The number of amidine groups is 1. The molecular weight excluding hydrogens is 254 g/mol. The maximum atomic E-state index is 12.1. The van der Waals surface area contributed by atoms with Crippen molar-refractivity contribution in [3.63, 3.8) is 0 Å². The molecule has 1 fully saturated rings. The SMILES string of the molecule is CCC(CC1CC1)NC(=O)c1ccc(C(N)=NO)cc1. The van der Waals surface area contributed by atoms with E-state index in [-0.39, 0.29) is 17.8 Å². The smallest absolute Gasteiger partial charge is 0.251 e. The van der Waals surface area contributed by atoms with Crippen molar-refractivity contribution in [3.05, 3.63) is 35.4 Å². The molecule has 20 heavy (non-hydrogen) atoms. The Hall–Kier alpha value is -2.04. The molecule has 0 radical (unpaired) electrons. The van der Waals surface area contributed by atoms with Gasteiger partial charge in [0, 0.05) is 17.2 Å². The molecule has 0 aromatic heterocycles. The maximum absolute atomic E-state index is 12.1. The van der Waals surface area contributed by atoms with Gasteiger partial charge in [-0.3, -0.25) is 4.79 Å². The molecule has 1 aromatic rings. The number of rotatable bonds is 6. The van der Waals surface area contributed by atoms with E-state index in [9.17, 15) is 4.79 Å². The first kappa shape index (κ1) is 14.4. The molecule has 108 valence electrons. The van der Waals surface area contributed by atoms with Gasteiger partial charge in [-0.05, 0) is 30.9 Å². The molecule has 1 aliphatic rings. The van der Waals surface area contributed by atoms with E-state index in [2.05, 4.69) is 17.4 Å². The molecule has 0 bridgehead atoms. The number of benzene rings is 1. The van der Waals surface area contributed by atoms with Crippen LogP contribution in [-0.4, -0.2) is 23.0 Å². The third kappa shape index (κ3) is 3.73. The minimum Gasteiger partial charge on any atom is -0.409 e. The molecule has 5 heteroatoms. The Morgan fingerprint density at radius 3 is 2.50 bits per heavy atom. The van der Waals surface area contributed by atoms with Gasteiger partial charge in [-0.2, -0.15) is 0 Å². The Kier molecular flexibility index (Phi) is 4.61. The standard InChI is InChI=1S/C15H21N3O2/c1-2-13(9-10-3-4-10)17-15(19)12-7-5-11(6-8-12)14(16)18-20/h5-8,10,13,20H,2-4,9H2,1H3,(H2,16,18)(H,17,19). The zero-order chi connectivity index (χ0) is 14.5. The quantitative estimate of drug-likeness (QED) is 0.321. The lowest BCUT2D eigenvalue weighted by Crippen LogP contribution is -2.34. The molecule has 0 heterocycles. The van der Waals surface area contributed by atoms with Crippen LogP contribution in [0.1, 0.15) is 48.5 Å². The van der Waals surface area contributed by atoms with Crippen LogP contribution < -0.4 is 11.1 Å². The number of hydrogen-bond donors (Lipinski definition) is 3. The summed E-state index contributed by atoms with van der Waals surface area (Å²) < 4.78 is 0. The van der Waals surface area contributed by atoms with E-state index in [1.165, 1.54) is 12.8 Å². The molecule has 2 rings (SSSR count). The highest BCUT2D eigenvalue weighted by Gasteiger charge is 2.25.